The molecule has 0 spiro atoms. The maximum atomic E-state index is 4.15. The highest BCUT2D eigenvalue weighted by atomic mass is 14.5. The van der Waals surface area contributed by atoms with Crippen LogP contribution in [0.3, 0.4) is 0 Å². The van der Waals surface area contributed by atoms with Gasteiger partial charge in [-0.25, -0.2) is 0 Å². The highest BCUT2D eigenvalue weighted by Crippen LogP contribution is 2.55. The van der Waals surface area contributed by atoms with Crippen molar-refractivity contribution in [3.8, 4) is 0 Å². The topological polar surface area (TPSA) is 0 Å². The smallest absolute Gasteiger partial charge is 0.0999 e. The molecule has 0 nitrogen and oxygen atoms in total. The van der Waals surface area contributed by atoms with Gasteiger partial charge in [-0.2, -0.15) is 0 Å². The normalized spacial score (nSPS) is 41.1. The maximum Gasteiger partial charge on any atom is 0.106 e. The Morgan fingerprint density at radius 2 is 2.13 bits per heavy atom. The highest BCUT2D eigenvalue weighted by molar-refractivity contribution is 5.11. The van der Waals surface area contributed by atoms with E-state index < -0.39 is 0 Å². The lowest BCUT2D eigenvalue weighted by Gasteiger charge is -2.45. The van der Waals surface area contributed by atoms with Gasteiger partial charge in [0.05, 0.1) is 19.3 Å². The molecule has 0 saturated heterocycles. The van der Waals surface area contributed by atoms with Crippen molar-refractivity contribution >= 4 is 0 Å². The molecule has 0 aromatic carbocycles. The van der Waals surface area contributed by atoms with Gasteiger partial charge in [-0.05, 0) is 44.9 Å². The summed E-state index contributed by atoms with van der Waals surface area (Å²) in [6.07, 6.45) is 8.46. The Morgan fingerprint density at radius 3 is 2.80 bits per heavy atom. The third kappa shape index (κ3) is 1.96. The van der Waals surface area contributed by atoms with Crippen LogP contribution in [-0.2, 0) is 0 Å². The van der Waals surface area contributed by atoms with Crippen molar-refractivity contribution in [1.82, 2.24) is 0 Å². The summed E-state index contributed by atoms with van der Waals surface area (Å²) >= 11 is 0. The summed E-state index contributed by atoms with van der Waals surface area (Å²) < 4.78 is 0. The average Bonchev–Trinajstić information content (AvgIpc) is 2.17. The van der Waals surface area contributed by atoms with Crippen molar-refractivity contribution in [2.24, 2.45) is 17.3 Å². The standard InChI is InChI=1S/C15H25/c1-11(2)13-7-9-15(4)8-5-6-12(3)14(15)10-13/h13-14H,1,5-10H2,2-4H3/q+1/t13-,14-,15+/m0/s1. The minimum atomic E-state index is 0.633. The summed E-state index contributed by atoms with van der Waals surface area (Å²) in [6, 6.07) is 0. The summed E-state index contributed by atoms with van der Waals surface area (Å²) in [6.45, 7) is 11.3. The molecule has 2 fully saturated rings. The molecule has 0 amide bonds. The van der Waals surface area contributed by atoms with Gasteiger partial charge in [0, 0.05) is 5.41 Å². The van der Waals surface area contributed by atoms with Crippen LogP contribution < -0.4 is 0 Å². The van der Waals surface area contributed by atoms with Crippen molar-refractivity contribution in [1.29, 1.82) is 0 Å². The molecule has 2 aliphatic rings. The monoisotopic (exact) mass is 205 g/mol. The van der Waals surface area contributed by atoms with Crippen molar-refractivity contribution in [2.45, 2.75) is 59.3 Å². The molecule has 0 aromatic rings. The Labute approximate surface area is 95.1 Å². The fourth-order valence-electron chi connectivity index (χ4n) is 3.85. The lowest BCUT2D eigenvalue weighted by atomic mass is 9.54. The van der Waals surface area contributed by atoms with E-state index in [4.69, 9.17) is 0 Å². The first-order chi connectivity index (χ1) is 7.03. The molecule has 0 unspecified atom stereocenters. The van der Waals surface area contributed by atoms with Crippen LogP contribution in [0, 0.1) is 23.2 Å². The molecule has 0 heterocycles. The van der Waals surface area contributed by atoms with Crippen LogP contribution in [0.2, 0.25) is 0 Å². The molecular formula is C15H25+. The largest absolute Gasteiger partial charge is 0.106 e. The summed E-state index contributed by atoms with van der Waals surface area (Å²) in [5.74, 6) is 3.47. The van der Waals surface area contributed by atoms with Gasteiger partial charge >= 0.3 is 0 Å². The number of allylic oxidation sites excluding steroid dienone is 1. The van der Waals surface area contributed by atoms with Gasteiger partial charge in [0.1, 0.15) is 5.92 Å². The van der Waals surface area contributed by atoms with Gasteiger partial charge in [0.15, 0.2) is 0 Å². The lowest BCUT2D eigenvalue weighted by Crippen LogP contribution is -2.40. The second-order valence-corrected chi connectivity index (χ2v) is 6.22. The fraction of sp³-hybridized carbons (Fsp3) is 0.800. The average molecular weight is 205 g/mol. The number of hydrogen-bond acceptors (Lipinski definition) is 0. The molecule has 0 aliphatic heterocycles. The Bertz CT molecular complexity index is 253. The van der Waals surface area contributed by atoms with Crippen LogP contribution in [0.15, 0.2) is 12.2 Å². The molecule has 2 rings (SSSR count). The lowest BCUT2D eigenvalue weighted by molar-refractivity contribution is 0.0635. The van der Waals surface area contributed by atoms with E-state index in [1.165, 1.54) is 44.1 Å². The van der Waals surface area contributed by atoms with Crippen molar-refractivity contribution in [3.05, 3.63) is 18.1 Å². The summed E-state index contributed by atoms with van der Waals surface area (Å²) in [7, 11) is 0. The van der Waals surface area contributed by atoms with E-state index in [1.54, 1.807) is 5.92 Å². The van der Waals surface area contributed by atoms with E-state index in [-0.39, 0.29) is 0 Å². The van der Waals surface area contributed by atoms with Crippen molar-refractivity contribution in [2.75, 3.05) is 0 Å². The third-order valence-corrected chi connectivity index (χ3v) is 5.04. The fourth-order valence-corrected chi connectivity index (χ4v) is 3.85. The molecule has 84 valence electrons. The van der Waals surface area contributed by atoms with Crippen molar-refractivity contribution < 1.29 is 0 Å². The van der Waals surface area contributed by atoms with E-state index in [0.717, 1.165) is 11.8 Å². The predicted molar refractivity (Wildman–Crippen MR) is 66.5 cm³/mol. The second-order valence-electron chi connectivity index (χ2n) is 6.22. The molecule has 0 N–H and O–H groups in total. The van der Waals surface area contributed by atoms with Crippen LogP contribution >= 0.6 is 0 Å². The van der Waals surface area contributed by atoms with Crippen molar-refractivity contribution in [3.63, 3.8) is 0 Å². The Balaban J connectivity index is 2.12. The van der Waals surface area contributed by atoms with Crippen LogP contribution in [0.4, 0.5) is 0 Å². The second kappa shape index (κ2) is 3.88. The third-order valence-electron chi connectivity index (χ3n) is 5.04. The zero-order valence-corrected chi connectivity index (χ0v) is 10.6. The minimum Gasteiger partial charge on any atom is -0.0999 e. The van der Waals surface area contributed by atoms with Crippen LogP contribution in [0.1, 0.15) is 59.3 Å². The predicted octanol–water partition coefficient (Wildman–Crippen LogP) is 4.76. The van der Waals surface area contributed by atoms with E-state index in [9.17, 15) is 0 Å². The minimum absolute atomic E-state index is 0.633. The SMILES string of the molecule is C=C(C)[C@H]1CC[C@@]2(C)CCC[C+](C)[C@@H]2C1. The summed E-state index contributed by atoms with van der Waals surface area (Å²) in [4.78, 5) is 0. The Morgan fingerprint density at radius 1 is 1.40 bits per heavy atom. The van der Waals surface area contributed by atoms with Crippen LogP contribution in [0.25, 0.3) is 0 Å². The van der Waals surface area contributed by atoms with E-state index in [2.05, 4.69) is 27.4 Å². The summed E-state index contributed by atoms with van der Waals surface area (Å²) in [5.41, 5.74) is 2.05. The molecule has 2 aliphatic carbocycles. The van der Waals surface area contributed by atoms with Crippen LogP contribution in [-0.4, -0.2) is 0 Å². The Hall–Kier alpha value is -0.390. The van der Waals surface area contributed by atoms with Gasteiger partial charge in [0.25, 0.3) is 0 Å². The highest BCUT2D eigenvalue weighted by Gasteiger charge is 2.50. The van der Waals surface area contributed by atoms with Gasteiger partial charge in [-0.3, -0.25) is 0 Å². The van der Waals surface area contributed by atoms with E-state index >= 15 is 0 Å². The molecule has 2 saturated carbocycles. The van der Waals surface area contributed by atoms with E-state index in [0.29, 0.717) is 5.41 Å². The zero-order valence-electron chi connectivity index (χ0n) is 10.6. The van der Waals surface area contributed by atoms with Gasteiger partial charge in [0.2, 0.25) is 0 Å². The molecule has 15 heavy (non-hydrogen) atoms. The number of fused-ring (bicyclic) bond motifs is 1. The molecular weight excluding hydrogens is 180 g/mol. The molecule has 0 aromatic heterocycles. The first-order valence-electron chi connectivity index (χ1n) is 6.50. The van der Waals surface area contributed by atoms with Gasteiger partial charge in [-0.15, -0.1) is 0 Å². The van der Waals surface area contributed by atoms with Gasteiger partial charge < -0.3 is 0 Å². The molecule has 0 bridgehead atoms. The van der Waals surface area contributed by atoms with E-state index in [1.807, 2.05) is 0 Å². The van der Waals surface area contributed by atoms with Crippen LogP contribution in [0.5, 0.6) is 0 Å². The first-order valence-corrected chi connectivity index (χ1v) is 6.50. The Kier molecular flexibility index (Phi) is 2.87. The maximum absolute atomic E-state index is 4.15. The molecule has 0 radical (unpaired) electrons. The first kappa shape index (κ1) is 11.1. The quantitative estimate of drug-likeness (QED) is 0.427. The zero-order chi connectivity index (χ0) is 11.1. The number of rotatable bonds is 1. The number of hydrogen-bond donors (Lipinski definition) is 0. The van der Waals surface area contributed by atoms with Gasteiger partial charge in [-0.1, -0.05) is 19.1 Å². The molecule has 0 heteroatoms. The molecule has 3 atom stereocenters. The summed E-state index contributed by atoms with van der Waals surface area (Å²) in [5, 5.41) is 0.